The fourth-order valence-corrected chi connectivity index (χ4v) is 2.44. The van der Waals surface area contributed by atoms with Gasteiger partial charge in [0, 0.05) is 38.1 Å². The molecule has 3 heterocycles. The number of nitrogens with zero attached hydrogens (tertiary/aromatic N) is 3. The molecule has 1 aliphatic heterocycles. The van der Waals surface area contributed by atoms with Crippen molar-refractivity contribution in [3.8, 4) is 0 Å². The first-order chi connectivity index (χ1) is 9.81. The number of hydrogen-bond donors (Lipinski definition) is 2. The summed E-state index contributed by atoms with van der Waals surface area (Å²) in [5, 5.41) is 5.62. The maximum Gasteiger partial charge on any atom is 0.320 e. The number of aromatic nitrogens is 3. The zero-order chi connectivity index (χ0) is 13.8. The van der Waals surface area contributed by atoms with Gasteiger partial charge in [-0.15, -0.1) is 0 Å². The second-order valence-electron chi connectivity index (χ2n) is 4.95. The van der Waals surface area contributed by atoms with Crippen molar-refractivity contribution in [2.24, 2.45) is 5.92 Å². The summed E-state index contributed by atoms with van der Waals surface area (Å²) in [6, 6.07) is 5.20. The molecule has 0 fully saturated rings. The van der Waals surface area contributed by atoms with Crippen LogP contribution in [0.4, 0.5) is 10.6 Å². The summed E-state index contributed by atoms with van der Waals surface area (Å²) in [6.07, 6.45) is 7.51. The SMILES string of the molecule is O=C(NC[C@@H]1CCc2nccn2C1)Nc1ccccn1. The van der Waals surface area contributed by atoms with Crippen LogP contribution in [0.1, 0.15) is 12.2 Å². The van der Waals surface area contributed by atoms with Crippen molar-refractivity contribution >= 4 is 11.8 Å². The summed E-state index contributed by atoms with van der Waals surface area (Å²) in [5.74, 6) is 2.15. The molecule has 0 radical (unpaired) electrons. The fourth-order valence-electron chi connectivity index (χ4n) is 2.44. The molecule has 6 heteroatoms. The van der Waals surface area contributed by atoms with E-state index in [0.717, 1.165) is 25.2 Å². The number of pyridine rings is 1. The van der Waals surface area contributed by atoms with Gasteiger partial charge in [-0.3, -0.25) is 5.32 Å². The van der Waals surface area contributed by atoms with Gasteiger partial charge in [-0.25, -0.2) is 14.8 Å². The lowest BCUT2D eigenvalue weighted by Crippen LogP contribution is -2.36. The molecule has 104 valence electrons. The van der Waals surface area contributed by atoms with Crippen molar-refractivity contribution in [3.05, 3.63) is 42.6 Å². The van der Waals surface area contributed by atoms with Crippen LogP contribution in [0.25, 0.3) is 0 Å². The van der Waals surface area contributed by atoms with Gasteiger partial charge in [0.25, 0.3) is 0 Å². The Hall–Kier alpha value is -2.37. The van der Waals surface area contributed by atoms with Crippen LogP contribution >= 0.6 is 0 Å². The molecule has 2 aromatic rings. The molecular formula is C14H17N5O. The number of fused-ring (bicyclic) bond motifs is 1. The molecule has 0 aliphatic carbocycles. The third-order valence-electron chi connectivity index (χ3n) is 3.49. The van der Waals surface area contributed by atoms with Crippen molar-refractivity contribution in [1.29, 1.82) is 0 Å². The van der Waals surface area contributed by atoms with Crippen molar-refractivity contribution in [3.63, 3.8) is 0 Å². The predicted molar refractivity (Wildman–Crippen MR) is 75.3 cm³/mol. The summed E-state index contributed by atoms with van der Waals surface area (Å²) >= 11 is 0. The van der Waals surface area contributed by atoms with Crippen LogP contribution in [0.15, 0.2) is 36.8 Å². The van der Waals surface area contributed by atoms with Gasteiger partial charge in [0.15, 0.2) is 0 Å². The molecule has 6 nitrogen and oxygen atoms in total. The highest BCUT2D eigenvalue weighted by molar-refractivity contribution is 5.88. The van der Waals surface area contributed by atoms with Gasteiger partial charge in [-0.1, -0.05) is 6.07 Å². The molecule has 0 aromatic carbocycles. The van der Waals surface area contributed by atoms with Gasteiger partial charge in [-0.05, 0) is 24.5 Å². The molecule has 20 heavy (non-hydrogen) atoms. The molecular weight excluding hydrogens is 254 g/mol. The number of anilines is 1. The molecule has 2 amide bonds. The number of carbonyl (C=O) groups excluding carboxylic acids is 1. The van der Waals surface area contributed by atoms with E-state index in [1.165, 1.54) is 0 Å². The Labute approximate surface area is 117 Å². The second kappa shape index (κ2) is 5.73. The molecule has 3 rings (SSSR count). The summed E-state index contributed by atoms with van der Waals surface area (Å²) in [6.45, 7) is 1.58. The molecule has 1 aliphatic rings. The maximum absolute atomic E-state index is 11.8. The summed E-state index contributed by atoms with van der Waals surface area (Å²) in [4.78, 5) is 20.1. The number of aryl methyl sites for hydroxylation is 1. The van der Waals surface area contributed by atoms with E-state index in [-0.39, 0.29) is 6.03 Å². The normalized spacial score (nSPS) is 17.3. The zero-order valence-electron chi connectivity index (χ0n) is 11.1. The van der Waals surface area contributed by atoms with Crippen LogP contribution in [0.5, 0.6) is 0 Å². The van der Waals surface area contributed by atoms with Gasteiger partial charge >= 0.3 is 6.03 Å². The summed E-state index contributed by atoms with van der Waals surface area (Å²) < 4.78 is 2.16. The van der Waals surface area contributed by atoms with Crippen LogP contribution in [-0.4, -0.2) is 27.1 Å². The van der Waals surface area contributed by atoms with Crippen molar-refractivity contribution in [2.45, 2.75) is 19.4 Å². The Balaban J connectivity index is 1.47. The first-order valence-electron chi connectivity index (χ1n) is 6.77. The summed E-state index contributed by atoms with van der Waals surface area (Å²) in [7, 11) is 0. The van der Waals surface area contributed by atoms with Crippen LogP contribution in [-0.2, 0) is 13.0 Å². The van der Waals surface area contributed by atoms with Gasteiger partial charge in [0.05, 0.1) is 0 Å². The second-order valence-corrected chi connectivity index (χ2v) is 4.95. The molecule has 0 saturated heterocycles. The molecule has 1 atom stereocenters. The Kier molecular flexibility index (Phi) is 3.62. The molecule has 0 saturated carbocycles. The smallest absolute Gasteiger partial charge is 0.320 e. The lowest BCUT2D eigenvalue weighted by molar-refractivity contribution is 0.247. The first-order valence-corrected chi connectivity index (χ1v) is 6.77. The van der Waals surface area contributed by atoms with E-state index >= 15 is 0 Å². The largest absolute Gasteiger partial charge is 0.337 e. The molecule has 2 aromatic heterocycles. The highest BCUT2D eigenvalue weighted by Gasteiger charge is 2.19. The zero-order valence-corrected chi connectivity index (χ0v) is 11.1. The Morgan fingerprint density at radius 3 is 3.15 bits per heavy atom. The van der Waals surface area contributed by atoms with E-state index in [1.54, 1.807) is 12.3 Å². The third kappa shape index (κ3) is 2.96. The standard InChI is InChI=1S/C14H17N5O/c20-14(18-12-3-1-2-6-15-12)17-9-11-4-5-13-16-7-8-19(13)10-11/h1-3,6-8,11H,4-5,9-10H2,(H2,15,17,18,20)/t11-/m0/s1. The number of amides is 2. The van der Waals surface area contributed by atoms with Crippen molar-refractivity contribution in [1.82, 2.24) is 19.9 Å². The van der Waals surface area contributed by atoms with E-state index in [1.807, 2.05) is 24.5 Å². The van der Waals surface area contributed by atoms with E-state index in [0.29, 0.717) is 18.3 Å². The Bertz CT molecular complexity index is 580. The van der Waals surface area contributed by atoms with Crippen LogP contribution in [0.3, 0.4) is 0 Å². The number of urea groups is 1. The van der Waals surface area contributed by atoms with E-state index < -0.39 is 0 Å². The Morgan fingerprint density at radius 1 is 1.35 bits per heavy atom. The number of carbonyl (C=O) groups is 1. The van der Waals surface area contributed by atoms with Crippen molar-refractivity contribution in [2.75, 3.05) is 11.9 Å². The average molecular weight is 271 g/mol. The van der Waals surface area contributed by atoms with E-state index in [9.17, 15) is 4.79 Å². The highest BCUT2D eigenvalue weighted by Crippen LogP contribution is 2.17. The molecule has 0 unspecified atom stereocenters. The van der Waals surface area contributed by atoms with E-state index in [2.05, 4.69) is 25.2 Å². The third-order valence-corrected chi connectivity index (χ3v) is 3.49. The fraction of sp³-hybridized carbons (Fsp3) is 0.357. The van der Waals surface area contributed by atoms with Crippen LogP contribution < -0.4 is 10.6 Å². The van der Waals surface area contributed by atoms with Gasteiger partial charge in [0.1, 0.15) is 11.6 Å². The van der Waals surface area contributed by atoms with Crippen LogP contribution in [0.2, 0.25) is 0 Å². The lowest BCUT2D eigenvalue weighted by Gasteiger charge is -2.23. The minimum Gasteiger partial charge on any atom is -0.337 e. The minimum atomic E-state index is -0.208. The summed E-state index contributed by atoms with van der Waals surface area (Å²) in [5.41, 5.74) is 0. The van der Waals surface area contributed by atoms with Gasteiger partial charge < -0.3 is 9.88 Å². The van der Waals surface area contributed by atoms with Crippen molar-refractivity contribution < 1.29 is 4.79 Å². The molecule has 0 spiro atoms. The average Bonchev–Trinajstić information content (AvgIpc) is 2.93. The lowest BCUT2D eigenvalue weighted by atomic mass is 9.99. The Morgan fingerprint density at radius 2 is 2.30 bits per heavy atom. The minimum absolute atomic E-state index is 0.208. The van der Waals surface area contributed by atoms with Gasteiger partial charge in [-0.2, -0.15) is 0 Å². The monoisotopic (exact) mass is 271 g/mol. The van der Waals surface area contributed by atoms with E-state index in [4.69, 9.17) is 0 Å². The number of nitrogens with one attached hydrogen (secondary N) is 2. The quantitative estimate of drug-likeness (QED) is 0.891. The number of hydrogen-bond acceptors (Lipinski definition) is 3. The number of rotatable bonds is 3. The molecule has 0 bridgehead atoms. The topological polar surface area (TPSA) is 71.8 Å². The molecule has 2 N–H and O–H groups in total. The first kappa shape index (κ1) is 12.7. The van der Waals surface area contributed by atoms with Crippen LogP contribution in [0, 0.1) is 5.92 Å². The highest BCUT2D eigenvalue weighted by atomic mass is 16.2. The maximum atomic E-state index is 11.8. The predicted octanol–water partition coefficient (Wildman–Crippen LogP) is 1.66. The van der Waals surface area contributed by atoms with Gasteiger partial charge in [0.2, 0.25) is 0 Å². The number of imidazole rings is 1.